The Bertz CT molecular complexity index is 521. The fourth-order valence-electron chi connectivity index (χ4n) is 1.49. The maximum absolute atomic E-state index is 11.8. The lowest BCUT2D eigenvalue weighted by Gasteiger charge is -2.08. The maximum Gasteiger partial charge on any atom is 0.235 e. The fourth-order valence-corrected chi connectivity index (χ4v) is 2.79. The van der Waals surface area contributed by atoms with Gasteiger partial charge in [-0.15, -0.1) is 0 Å². The number of anilines is 1. The van der Waals surface area contributed by atoms with Crippen molar-refractivity contribution in [3.63, 3.8) is 0 Å². The number of amides is 1. The number of benzene rings is 1. The highest BCUT2D eigenvalue weighted by Crippen LogP contribution is 2.09. The second kappa shape index (κ2) is 6.56. The van der Waals surface area contributed by atoms with Gasteiger partial charge in [0.05, 0.1) is 5.75 Å². The second-order valence-electron chi connectivity index (χ2n) is 4.97. The molecule has 1 rings (SSSR count). The molecule has 0 unspecified atom stereocenters. The third-order valence-corrected chi connectivity index (χ3v) is 3.90. The molecule has 19 heavy (non-hydrogen) atoms. The van der Waals surface area contributed by atoms with Crippen LogP contribution in [0.25, 0.3) is 0 Å². The number of carbonyl (C=O) groups excluding carboxylic acids is 1. The zero-order valence-electron chi connectivity index (χ0n) is 11.2. The van der Waals surface area contributed by atoms with Gasteiger partial charge in [-0.25, -0.2) is 8.42 Å². The molecule has 0 aliphatic carbocycles. The van der Waals surface area contributed by atoms with Crippen LogP contribution >= 0.6 is 0 Å². The van der Waals surface area contributed by atoms with Crippen molar-refractivity contribution in [2.75, 3.05) is 18.0 Å². The summed E-state index contributed by atoms with van der Waals surface area (Å²) in [5, 5.41) is 2.60. The molecule has 3 N–H and O–H groups in total. The van der Waals surface area contributed by atoms with Gasteiger partial charge in [0.25, 0.3) is 0 Å². The Labute approximate surface area is 114 Å². The molecule has 1 aromatic carbocycles. The van der Waals surface area contributed by atoms with E-state index in [1.165, 1.54) is 0 Å². The van der Waals surface area contributed by atoms with Gasteiger partial charge in [-0.3, -0.25) is 4.79 Å². The molecule has 0 aliphatic rings. The fraction of sp³-hybridized carbons (Fsp3) is 0.462. The molecule has 6 heteroatoms. The van der Waals surface area contributed by atoms with E-state index in [9.17, 15) is 13.2 Å². The van der Waals surface area contributed by atoms with Gasteiger partial charge < -0.3 is 11.1 Å². The topological polar surface area (TPSA) is 89.3 Å². The van der Waals surface area contributed by atoms with Crippen molar-refractivity contribution in [1.29, 1.82) is 0 Å². The summed E-state index contributed by atoms with van der Waals surface area (Å²) in [4.78, 5) is 11.5. The quantitative estimate of drug-likeness (QED) is 0.761. The minimum atomic E-state index is -3.45. The summed E-state index contributed by atoms with van der Waals surface area (Å²) in [6.07, 6.45) is 0. The van der Waals surface area contributed by atoms with Crippen molar-refractivity contribution in [2.24, 2.45) is 5.92 Å². The normalized spacial score (nSPS) is 11.5. The predicted octanol–water partition coefficient (Wildman–Crippen LogP) is 0.956. The lowest BCUT2D eigenvalue weighted by molar-refractivity contribution is -0.118. The minimum absolute atomic E-state index is 0.150. The molecule has 0 atom stereocenters. The monoisotopic (exact) mass is 284 g/mol. The summed E-state index contributed by atoms with van der Waals surface area (Å²) >= 11 is 0. The van der Waals surface area contributed by atoms with E-state index in [-0.39, 0.29) is 5.75 Å². The van der Waals surface area contributed by atoms with E-state index in [1.807, 2.05) is 13.8 Å². The molecule has 0 spiro atoms. The van der Waals surface area contributed by atoms with Crippen molar-refractivity contribution < 1.29 is 13.2 Å². The molecule has 5 nitrogen and oxygen atoms in total. The van der Waals surface area contributed by atoms with Crippen LogP contribution in [-0.2, 0) is 20.4 Å². The van der Waals surface area contributed by atoms with E-state index < -0.39 is 21.5 Å². The van der Waals surface area contributed by atoms with Crippen LogP contribution in [0.5, 0.6) is 0 Å². The van der Waals surface area contributed by atoms with Gasteiger partial charge in [0.2, 0.25) is 5.91 Å². The van der Waals surface area contributed by atoms with Gasteiger partial charge in [-0.1, -0.05) is 26.0 Å². The molecule has 1 amide bonds. The Morgan fingerprint density at radius 1 is 1.26 bits per heavy atom. The Balaban J connectivity index is 2.56. The van der Waals surface area contributed by atoms with E-state index in [0.29, 0.717) is 23.7 Å². The highest BCUT2D eigenvalue weighted by molar-refractivity contribution is 7.91. The average molecular weight is 284 g/mol. The number of hydrogen-bond donors (Lipinski definition) is 2. The van der Waals surface area contributed by atoms with E-state index in [2.05, 4.69) is 5.32 Å². The molecule has 0 aliphatic heterocycles. The maximum atomic E-state index is 11.8. The van der Waals surface area contributed by atoms with Crippen LogP contribution in [0.15, 0.2) is 24.3 Å². The summed E-state index contributed by atoms with van der Waals surface area (Å²) in [6.45, 7) is 4.38. The number of rotatable bonds is 6. The first-order valence-corrected chi connectivity index (χ1v) is 7.92. The number of nitrogens with one attached hydrogen (secondary N) is 1. The first-order chi connectivity index (χ1) is 8.78. The summed E-state index contributed by atoms with van der Waals surface area (Å²) in [5.41, 5.74) is 6.74. The Morgan fingerprint density at radius 2 is 1.84 bits per heavy atom. The molecular formula is C13H20N2O3S. The third kappa shape index (κ3) is 6.24. The highest BCUT2D eigenvalue weighted by atomic mass is 32.2. The van der Waals surface area contributed by atoms with Gasteiger partial charge in [-0.2, -0.15) is 0 Å². The number of hydrogen-bond acceptors (Lipinski definition) is 4. The van der Waals surface area contributed by atoms with Crippen LogP contribution in [0.2, 0.25) is 0 Å². The smallest absolute Gasteiger partial charge is 0.235 e. The summed E-state index contributed by atoms with van der Waals surface area (Å²) in [5.74, 6) is -0.792. The van der Waals surface area contributed by atoms with E-state index in [0.717, 1.165) is 0 Å². The SMILES string of the molecule is CC(C)CNC(=O)CS(=O)(=O)Cc1ccc(N)cc1. The molecule has 106 valence electrons. The molecule has 0 radical (unpaired) electrons. The first-order valence-electron chi connectivity index (χ1n) is 6.10. The molecule has 1 aromatic rings. The Kier molecular flexibility index (Phi) is 5.35. The van der Waals surface area contributed by atoms with Gasteiger partial charge in [-0.05, 0) is 23.6 Å². The molecule has 0 saturated heterocycles. The molecule has 0 aromatic heterocycles. The number of carbonyl (C=O) groups is 1. The van der Waals surface area contributed by atoms with Crippen LogP contribution in [0.4, 0.5) is 5.69 Å². The molecular weight excluding hydrogens is 264 g/mol. The molecule has 0 heterocycles. The Hall–Kier alpha value is -1.56. The van der Waals surface area contributed by atoms with Gasteiger partial charge >= 0.3 is 0 Å². The number of nitrogen functional groups attached to an aromatic ring is 1. The van der Waals surface area contributed by atoms with Crippen LogP contribution < -0.4 is 11.1 Å². The summed E-state index contributed by atoms with van der Waals surface area (Å²) in [7, 11) is -3.45. The zero-order valence-corrected chi connectivity index (χ0v) is 12.0. The largest absolute Gasteiger partial charge is 0.399 e. The molecule has 0 bridgehead atoms. The van der Waals surface area contributed by atoms with Crippen LogP contribution in [-0.4, -0.2) is 26.6 Å². The highest BCUT2D eigenvalue weighted by Gasteiger charge is 2.17. The number of nitrogens with two attached hydrogens (primary N) is 1. The van der Waals surface area contributed by atoms with Gasteiger partial charge in [0.15, 0.2) is 9.84 Å². The summed E-state index contributed by atoms with van der Waals surface area (Å²) < 4.78 is 23.7. The first kappa shape index (κ1) is 15.5. The lowest BCUT2D eigenvalue weighted by Crippen LogP contribution is -2.33. The minimum Gasteiger partial charge on any atom is -0.399 e. The van der Waals surface area contributed by atoms with E-state index >= 15 is 0 Å². The van der Waals surface area contributed by atoms with Crippen molar-refractivity contribution in [1.82, 2.24) is 5.32 Å². The van der Waals surface area contributed by atoms with Gasteiger partial charge in [0, 0.05) is 12.2 Å². The van der Waals surface area contributed by atoms with Crippen molar-refractivity contribution in [2.45, 2.75) is 19.6 Å². The van der Waals surface area contributed by atoms with Crippen LogP contribution in [0, 0.1) is 5.92 Å². The van der Waals surface area contributed by atoms with Crippen molar-refractivity contribution in [3.8, 4) is 0 Å². The van der Waals surface area contributed by atoms with Crippen molar-refractivity contribution >= 4 is 21.4 Å². The van der Waals surface area contributed by atoms with Crippen LogP contribution in [0.3, 0.4) is 0 Å². The van der Waals surface area contributed by atoms with E-state index in [1.54, 1.807) is 24.3 Å². The standard InChI is InChI=1S/C13H20N2O3S/c1-10(2)7-15-13(16)9-19(17,18)8-11-3-5-12(14)6-4-11/h3-6,10H,7-9,14H2,1-2H3,(H,15,16). The predicted molar refractivity (Wildman–Crippen MR) is 76.2 cm³/mol. The van der Waals surface area contributed by atoms with Crippen molar-refractivity contribution in [3.05, 3.63) is 29.8 Å². The second-order valence-corrected chi connectivity index (χ2v) is 7.04. The lowest BCUT2D eigenvalue weighted by atomic mass is 10.2. The zero-order chi connectivity index (χ0) is 14.5. The Morgan fingerprint density at radius 3 is 2.37 bits per heavy atom. The summed E-state index contributed by atoms with van der Waals surface area (Å²) in [6, 6.07) is 6.59. The van der Waals surface area contributed by atoms with Gasteiger partial charge in [0.1, 0.15) is 5.75 Å². The molecule has 0 saturated carbocycles. The average Bonchev–Trinajstić information content (AvgIpc) is 2.28. The van der Waals surface area contributed by atoms with E-state index in [4.69, 9.17) is 5.73 Å². The third-order valence-electron chi connectivity index (χ3n) is 2.42. The number of sulfone groups is 1. The van der Waals surface area contributed by atoms with Crippen LogP contribution in [0.1, 0.15) is 19.4 Å². The molecule has 0 fully saturated rings.